The molecule has 3 amide bonds. The predicted molar refractivity (Wildman–Crippen MR) is 104 cm³/mol. The highest BCUT2D eigenvalue weighted by atomic mass is 32.2. The van der Waals surface area contributed by atoms with Crippen molar-refractivity contribution in [2.45, 2.75) is 49.8 Å². The first-order valence-corrected chi connectivity index (χ1v) is 9.95. The van der Waals surface area contributed by atoms with Gasteiger partial charge in [0.25, 0.3) is 0 Å². The van der Waals surface area contributed by atoms with Crippen LogP contribution in [0, 0.1) is 0 Å². The highest BCUT2D eigenvalue weighted by Gasteiger charge is 2.18. The first-order valence-electron chi connectivity index (χ1n) is 8.96. The van der Waals surface area contributed by atoms with Crippen molar-refractivity contribution < 1.29 is 9.59 Å². The van der Waals surface area contributed by atoms with Crippen LogP contribution in [-0.4, -0.2) is 33.3 Å². The number of rotatable bonds is 6. The van der Waals surface area contributed by atoms with Crippen LogP contribution in [0.3, 0.4) is 0 Å². The fourth-order valence-electron chi connectivity index (χ4n) is 3.23. The molecule has 0 radical (unpaired) electrons. The van der Waals surface area contributed by atoms with Crippen molar-refractivity contribution in [3.05, 3.63) is 36.9 Å². The average Bonchev–Trinajstić information content (AvgIpc) is 2.99. The molecule has 1 heterocycles. The molecule has 2 N–H and O–H groups in total. The molecule has 0 bridgehead atoms. The SMILES string of the molecule is C=CCn1c(SCC(=O)NC(=O)NC2CCCCC2)nc2ccccc21. The van der Waals surface area contributed by atoms with Crippen LogP contribution in [0.5, 0.6) is 0 Å². The van der Waals surface area contributed by atoms with E-state index < -0.39 is 6.03 Å². The summed E-state index contributed by atoms with van der Waals surface area (Å²) in [5, 5.41) is 6.05. The molecule has 3 rings (SSSR count). The van der Waals surface area contributed by atoms with E-state index in [2.05, 4.69) is 22.2 Å². The molecule has 0 saturated heterocycles. The van der Waals surface area contributed by atoms with Gasteiger partial charge in [0.2, 0.25) is 5.91 Å². The summed E-state index contributed by atoms with van der Waals surface area (Å²) in [7, 11) is 0. The van der Waals surface area contributed by atoms with Gasteiger partial charge in [0.05, 0.1) is 16.8 Å². The number of hydrogen-bond donors (Lipinski definition) is 2. The maximum Gasteiger partial charge on any atom is 0.321 e. The van der Waals surface area contributed by atoms with Crippen LogP contribution in [-0.2, 0) is 11.3 Å². The molecule has 138 valence electrons. The second-order valence-electron chi connectivity index (χ2n) is 6.43. The van der Waals surface area contributed by atoms with Crippen LogP contribution in [0.25, 0.3) is 11.0 Å². The maximum absolute atomic E-state index is 12.1. The second-order valence-corrected chi connectivity index (χ2v) is 7.37. The van der Waals surface area contributed by atoms with Gasteiger partial charge in [-0.25, -0.2) is 9.78 Å². The van der Waals surface area contributed by atoms with Crippen LogP contribution in [0.1, 0.15) is 32.1 Å². The molecule has 6 nitrogen and oxygen atoms in total. The number of amides is 3. The number of imide groups is 1. The van der Waals surface area contributed by atoms with Crippen molar-refractivity contribution in [1.82, 2.24) is 20.2 Å². The zero-order valence-corrected chi connectivity index (χ0v) is 15.6. The minimum atomic E-state index is -0.401. The van der Waals surface area contributed by atoms with E-state index in [1.807, 2.05) is 28.8 Å². The number of nitrogens with one attached hydrogen (secondary N) is 2. The summed E-state index contributed by atoms with van der Waals surface area (Å²) in [4.78, 5) is 28.6. The van der Waals surface area contributed by atoms with Crippen LogP contribution < -0.4 is 10.6 Å². The number of carbonyl (C=O) groups is 2. The van der Waals surface area contributed by atoms with Crippen molar-refractivity contribution in [2.24, 2.45) is 0 Å². The van der Waals surface area contributed by atoms with E-state index in [1.165, 1.54) is 18.2 Å². The third-order valence-electron chi connectivity index (χ3n) is 4.46. The quantitative estimate of drug-likeness (QED) is 0.601. The number of carbonyl (C=O) groups excluding carboxylic acids is 2. The predicted octanol–water partition coefficient (Wildman–Crippen LogP) is 3.47. The number of thioether (sulfide) groups is 1. The molecular weight excluding hydrogens is 348 g/mol. The summed E-state index contributed by atoms with van der Waals surface area (Å²) in [5.41, 5.74) is 1.89. The summed E-state index contributed by atoms with van der Waals surface area (Å²) in [6.45, 7) is 4.40. The van der Waals surface area contributed by atoms with Crippen LogP contribution >= 0.6 is 11.8 Å². The van der Waals surface area contributed by atoms with E-state index in [0.29, 0.717) is 6.54 Å². The van der Waals surface area contributed by atoms with Gasteiger partial charge in [-0.2, -0.15) is 0 Å². The molecule has 0 spiro atoms. The molecule has 1 aliphatic rings. The van der Waals surface area contributed by atoms with Crippen molar-refractivity contribution in [1.29, 1.82) is 0 Å². The lowest BCUT2D eigenvalue weighted by Gasteiger charge is -2.22. The van der Waals surface area contributed by atoms with Gasteiger partial charge in [0.1, 0.15) is 0 Å². The molecule has 1 aromatic carbocycles. The summed E-state index contributed by atoms with van der Waals surface area (Å²) in [5.74, 6) is -0.182. The first kappa shape index (κ1) is 18.5. The molecule has 1 fully saturated rings. The lowest BCUT2D eigenvalue weighted by Crippen LogP contribution is -2.45. The minimum Gasteiger partial charge on any atom is -0.335 e. The van der Waals surface area contributed by atoms with E-state index in [0.717, 1.165) is 41.9 Å². The van der Waals surface area contributed by atoms with Crippen LogP contribution in [0.2, 0.25) is 0 Å². The van der Waals surface area contributed by atoms with Crippen molar-refractivity contribution >= 4 is 34.7 Å². The molecule has 1 aliphatic carbocycles. The third-order valence-corrected chi connectivity index (χ3v) is 5.43. The Labute approximate surface area is 157 Å². The van der Waals surface area contributed by atoms with Gasteiger partial charge in [0, 0.05) is 12.6 Å². The normalized spacial score (nSPS) is 14.9. The summed E-state index contributed by atoms with van der Waals surface area (Å²) < 4.78 is 2.02. The monoisotopic (exact) mass is 372 g/mol. The minimum absolute atomic E-state index is 0.137. The van der Waals surface area contributed by atoms with E-state index in [9.17, 15) is 9.59 Å². The van der Waals surface area contributed by atoms with Crippen molar-refractivity contribution in [3.8, 4) is 0 Å². The van der Waals surface area contributed by atoms with Gasteiger partial charge in [-0.1, -0.05) is 49.2 Å². The van der Waals surface area contributed by atoms with Gasteiger partial charge in [-0.15, -0.1) is 6.58 Å². The largest absolute Gasteiger partial charge is 0.335 e. The number of hydrogen-bond acceptors (Lipinski definition) is 4. The Bertz CT molecular complexity index is 796. The summed E-state index contributed by atoms with van der Waals surface area (Å²) in [6.07, 6.45) is 7.27. The Morgan fingerprint density at radius 1 is 1.27 bits per heavy atom. The lowest BCUT2D eigenvalue weighted by molar-refractivity contribution is -0.117. The number of benzene rings is 1. The fourth-order valence-corrected chi connectivity index (χ4v) is 4.05. The smallest absolute Gasteiger partial charge is 0.321 e. The molecule has 26 heavy (non-hydrogen) atoms. The van der Waals surface area contributed by atoms with Gasteiger partial charge < -0.3 is 9.88 Å². The van der Waals surface area contributed by atoms with Crippen LogP contribution in [0.4, 0.5) is 4.79 Å². The summed E-state index contributed by atoms with van der Waals surface area (Å²) in [6, 6.07) is 7.61. The second kappa shape index (κ2) is 8.89. The van der Waals surface area contributed by atoms with E-state index >= 15 is 0 Å². The van der Waals surface area contributed by atoms with Gasteiger partial charge >= 0.3 is 6.03 Å². The number of aromatic nitrogens is 2. The Balaban J connectivity index is 1.55. The molecule has 0 atom stereocenters. The number of imidazole rings is 1. The standard InChI is InChI=1S/C19H24N4O2S/c1-2-12-23-16-11-7-6-10-15(16)21-19(23)26-13-17(24)22-18(25)20-14-8-4-3-5-9-14/h2,6-7,10-11,14H,1,3-5,8-9,12-13H2,(H2,20,22,24,25). The Kier molecular flexibility index (Phi) is 6.33. The van der Waals surface area contributed by atoms with E-state index in [4.69, 9.17) is 0 Å². The Morgan fingerprint density at radius 2 is 2.04 bits per heavy atom. The average molecular weight is 372 g/mol. The molecular formula is C19H24N4O2S. The molecule has 1 aromatic heterocycles. The van der Waals surface area contributed by atoms with Crippen LogP contribution in [0.15, 0.2) is 42.1 Å². The maximum atomic E-state index is 12.1. The van der Waals surface area contributed by atoms with Gasteiger partial charge in [0.15, 0.2) is 5.16 Å². The van der Waals surface area contributed by atoms with Gasteiger partial charge in [-0.3, -0.25) is 10.1 Å². The Morgan fingerprint density at radius 3 is 2.81 bits per heavy atom. The topological polar surface area (TPSA) is 76.0 Å². The van der Waals surface area contributed by atoms with Gasteiger partial charge in [-0.05, 0) is 25.0 Å². The highest BCUT2D eigenvalue weighted by Crippen LogP contribution is 2.24. The number of fused-ring (bicyclic) bond motifs is 1. The molecule has 2 aromatic rings. The van der Waals surface area contributed by atoms with Crippen molar-refractivity contribution in [2.75, 3.05) is 5.75 Å². The zero-order chi connectivity index (χ0) is 18.4. The highest BCUT2D eigenvalue weighted by molar-refractivity contribution is 7.99. The molecule has 0 unspecified atom stereocenters. The number of urea groups is 1. The molecule has 1 saturated carbocycles. The van der Waals surface area contributed by atoms with E-state index in [-0.39, 0.29) is 17.7 Å². The molecule has 0 aliphatic heterocycles. The summed E-state index contributed by atoms with van der Waals surface area (Å²) >= 11 is 1.32. The first-order chi connectivity index (χ1) is 12.7. The third kappa shape index (κ3) is 4.66. The number of allylic oxidation sites excluding steroid dienone is 1. The zero-order valence-electron chi connectivity index (χ0n) is 14.7. The number of para-hydroxylation sites is 2. The van der Waals surface area contributed by atoms with E-state index in [1.54, 1.807) is 6.08 Å². The number of nitrogens with zero attached hydrogens (tertiary/aromatic N) is 2. The molecule has 7 heteroatoms. The lowest BCUT2D eigenvalue weighted by atomic mass is 9.96. The Hall–Kier alpha value is -2.28. The fraction of sp³-hybridized carbons (Fsp3) is 0.421. The van der Waals surface area contributed by atoms with Crippen molar-refractivity contribution in [3.63, 3.8) is 0 Å².